The van der Waals surface area contributed by atoms with E-state index in [9.17, 15) is 4.79 Å². The maximum atomic E-state index is 11.9. The van der Waals surface area contributed by atoms with Crippen LogP contribution in [0.25, 0.3) is 11.3 Å². The summed E-state index contributed by atoms with van der Waals surface area (Å²) in [6.45, 7) is 6.27. The first-order chi connectivity index (χ1) is 11.2. The summed E-state index contributed by atoms with van der Waals surface area (Å²) >= 11 is 0. The van der Waals surface area contributed by atoms with Crippen LogP contribution in [0.3, 0.4) is 0 Å². The summed E-state index contributed by atoms with van der Waals surface area (Å²) in [7, 11) is 2.13. The van der Waals surface area contributed by atoms with E-state index in [4.69, 9.17) is 4.74 Å². The number of carbonyl (C=O) groups excluding carboxylic acids is 1. The van der Waals surface area contributed by atoms with Gasteiger partial charge in [0.05, 0.1) is 6.61 Å². The van der Waals surface area contributed by atoms with E-state index in [-0.39, 0.29) is 5.69 Å². The molecule has 0 bridgehead atoms. The van der Waals surface area contributed by atoms with Gasteiger partial charge in [-0.05, 0) is 32.5 Å². The van der Waals surface area contributed by atoms with Crippen molar-refractivity contribution in [3.05, 3.63) is 35.5 Å². The number of hydrogen-bond acceptors (Lipinski definition) is 5. The molecule has 0 aliphatic rings. The van der Waals surface area contributed by atoms with Crippen molar-refractivity contribution in [1.29, 1.82) is 0 Å². The molecule has 0 saturated carbocycles. The van der Waals surface area contributed by atoms with E-state index in [2.05, 4.69) is 46.4 Å². The third-order valence-corrected chi connectivity index (χ3v) is 3.59. The molecule has 1 aromatic carbocycles. The number of rotatable bonds is 8. The van der Waals surface area contributed by atoms with Gasteiger partial charge in [-0.25, -0.2) is 4.79 Å². The number of esters is 1. The smallest absolute Gasteiger partial charge is 0.361 e. The fraction of sp³-hybridized carbons (Fsp3) is 0.471. The Kier molecular flexibility index (Phi) is 6.29. The molecule has 0 fully saturated rings. The summed E-state index contributed by atoms with van der Waals surface area (Å²) in [6, 6.07) is 8.04. The maximum Gasteiger partial charge on any atom is 0.361 e. The summed E-state index contributed by atoms with van der Waals surface area (Å²) in [5, 5.41) is 10.5. The number of nitrogens with zero attached hydrogens (tertiary/aromatic N) is 3. The molecule has 1 aromatic heterocycles. The van der Waals surface area contributed by atoms with Crippen LogP contribution >= 0.6 is 0 Å². The second-order valence-electron chi connectivity index (χ2n) is 5.53. The van der Waals surface area contributed by atoms with Crippen molar-refractivity contribution in [1.82, 2.24) is 20.3 Å². The zero-order chi connectivity index (χ0) is 16.7. The number of aromatic nitrogens is 3. The monoisotopic (exact) mass is 316 g/mol. The standard InChI is InChI=1S/C17H24N4O2/c1-4-6-11-21(3)12-13-7-9-14(10-8-13)15-16(19-20-18-15)17(22)23-5-2/h7-10H,4-6,11-12H2,1-3H3,(H,18,19,20). The van der Waals surface area contributed by atoms with Gasteiger partial charge in [-0.3, -0.25) is 0 Å². The highest BCUT2D eigenvalue weighted by molar-refractivity contribution is 5.93. The number of hydrogen-bond donors (Lipinski definition) is 1. The van der Waals surface area contributed by atoms with Gasteiger partial charge in [0.1, 0.15) is 5.69 Å². The zero-order valence-electron chi connectivity index (χ0n) is 14.0. The zero-order valence-corrected chi connectivity index (χ0v) is 14.0. The van der Waals surface area contributed by atoms with Gasteiger partial charge < -0.3 is 9.64 Å². The average molecular weight is 316 g/mol. The fourth-order valence-electron chi connectivity index (χ4n) is 2.36. The molecule has 1 heterocycles. The summed E-state index contributed by atoms with van der Waals surface area (Å²) in [5.74, 6) is -0.459. The quantitative estimate of drug-likeness (QED) is 0.758. The van der Waals surface area contributed by atoms with E-state index in [0.29, 0.717) is 12.3 Å². The third kappa shape index (κ3) is 4.63. The van der Waals surface area contributed by atoms with E-state index in [1.807, 2.05) is 12.1 Å². The van der Waals surface area contributed by atoms with Crippen molar-refractivity contribution >= 4 is 5.97 Å². The molecule has 1 N–H and O–H groups in total. The van der Waals surface area contributed by atoms with Crippen LogP contribution in [-0.4, -0.2) is 46.5 Å². The van der Waals surface area contributed by atoms with Crippen molar-refractivity contribution in [2.24, 2.45) is 0 Å². The lowest BCUT2D eigenvalue weighted by Crippen LogP contribution is -2.18. The maximum absolute atomic E-state index is 11.9. The molecule has 6 heteroatoms. The van der Waals surface area contributed by atoms with Crippen LogP contribution in [0, 0.1) is 0 Å². The van der Waals surface area contributed by atoms with Crippen LogP contribution < -0.4 is 0 Å². The molecule has 0 amide bonds. The van der Waals surface area contributed by atoms with Gasteiger partial charge in [0.15, 0.2) is 5.69 Å². The minimum Gasteiger partial charge on any atom is -0.461 e. The third-order valence-electron chi connectivity index (χ3n) is 3.59. The number of H-pyrrole nitrogens is 1. The van der Waals surface area contributed by atoms with Crippen molar-refractivity contribution in [3.63, 3.8) is 0 Å². The Hall–Kier alpha value is -2.21. The Morgan fingerprint density at radius 3 is 2.61 bits per heavy atom. The Labute approximate surface area is 136 Å². The summed E-state index contributed by atoms with van der Waals surface area (Å²) in [4.78, 5) is 14.2. The lowest BCUT2D eigenvalue weighted by molar-refractivity contribution is 0.0520. The highest BCUT2D eigenvalue weighted by Crippen LogP contribution is 2.21. The Morgan fingerprint density at radius 1 is 1.22 bits per heavy atom. The van der Waals surface area contributed by atoms with Crippen molar-refractivity contribution in [2.75, 3.05) is 20.2 Å². The Balaban J connectivity index is 2.08. The van der Waals surface area contributed by atoms with Crippen LogP contribution in [0.4, 0.5) is 0 Å². The van der Waals surface area contributed by atoms with E-state index in [0.717, 1.165) is 18.7 Å². The first-order valence-corrected chi connectivity index (χ1v) is 8.01. The number of unbranched alkanes of at least 4 members (excludes halogenated alkanes) is 1. The van der Waals surface area contributed by atoms with E-state index in [1.54, 1.807) is 6.92 Å². The number of aromatic amines is 1. The average Bonchev–Trinajstić information content (AvgIpc) is 3.03. The Bertz CT molecular complexity index is 622. The normalized spacial score (nSPS) is 11.0. The Morgan fingerprint density at radius 2 is 1.96 bits per heavy atom. The predicted molar refractivity (Wildman–Crippen MR) is 89.0 cm³/mol. The number of nitrogens with one attached hydrogen (secondary N) is 1. The minimum atomic E-state index is -0.459. The van der Waals surface area contributed by atoms with E-state index < -0.39 is 5.97 Å². The minimum absolute atomic E-state index is 0.222. The highest BCUT2D eigenvalue weighted by atomic mass is 16.5. The largest absolute Gasteiger partial charge is 0.461 e. The van der Waals surface area contributed by atoms with Crippen LogP contribution in [0.15, 0.2) is 24.3 Å². The molecule has 0 unspecified atom stereocenters. The molecule has 0 aliphatic carbocycles. The van der Waals surface area contributed by atoms with Gasteiger partial charge >= 0.3 is 5.97 Å². The van der Waals surface area contributed by atoms with Gasteiger partial charge in [-0.2, -0.15) is 10.3 Å². The summed E-state index contributed by atoms with van der Waals surface area (Å²) in [6.07, 6.45) is 2.41. The van der Waals surface area contributed by atoms with Crippen LogP contribution in [0.5, 0.6) is 0 Å². The van der Waals surface area contributed by atoms with Crippen LogP contribution in [-0.2, 0) is 11.3 Å². The van der Waals surface area contributed by atoms with E-state index >= 15 is 0 Å². The molecule has 0 aliphatic heterocycles. The molecule has 124 valence electrons. The lowest BCUT2D eigenvalue weighted by Gasteiger charge is -2.16. The van der Waals surface area contributed by atoms with Gasteiger partial charge in [-0.1, -0.05) is 37.6 Å². The van der Waals surface area contributed by atoms with Crippen molar-refractivity contribution < 1.29 is 9.53 Å². The lowest BCUT2D eigenvalue weighted by atomic mass is 10.1. The van der Waals surface area contributed by atoms with E-state index in [1.165, 1.54) is 18.4 Å². The highest BCUT2D eigenvalue weighted by Gasteiger charge is 2.18. The second kappa shape index (κ2) is 8.43. The van der Waals surface area contributed by atoms with Crippen LogP contribution in [0.1, 0.15) is 42.7 Å². The van der Waals surface area contributed by atoms with Crippen molar-refractivity contribution in [3.8, 4) is 11.3 Å². The van der Waals surface area contributed by atoms with Gasteiger partial charge in [0, 0.05) is 12.1 Å². The molecular weight excluding hydrogens is 292 g/mol. The molecule has 0 radical (unpaired) electrons. The summed E-state index contributed by atoms with van der Waals surface area (Å²) < 4.78 is 4.99. The molecular formula is C17H24N4O2. The molecule has 23 heavy (non-hydrogen) atoms. The number of carbonyl (C=O) groups is 1. The predicted octanol–water partition coefficient (Wildman–Crippen LogP) is 2.88. The van der Waals surface area contributed by atoms with Gasteiger partial charge in [0.2, 0.25) is 0 Å². The number of ether oxygens (including phenoxy) is 1. The molecule has 0 atom stereocenters. The van der Waals surface area contributed by atoms with Crippen LogP contribution in [0.2, 0.25) is 0 Å². The molecule has 2 aromatic rings. The topological polar surface area (TPSA) is 71.1 Å². The number of benzene rings is 1. The SMILES string of the molecule is CCCCN(C)Cc1ccc(-c2n[nH]nc2C(=O)OCC)cc1. The molecule has 6 nitrogen and oxygen atoms in total. The van der Waals surface area contributed by atoms with Gasteiger partial charge in [-0.15, -0.1) is 5.10 Å². The first kappa shape index (κ1) is 17.1. The molecule has 0 spiro atoms. The summed E-state index contributed by atoms with van der Waals surface area (Å²) in [5.41, 5.74) is 2.82. The van der Waals surface area contributed by atoms with Gasteiger partial charge in [0.25, 0.3) is 0 Å². The first-order valence-electron chi connectivity index (χ1n) is 8.01. The molecule has 2 rings (SSSR count). The second-order valence-corrected chi connectivity index (χ2v) is 5.53. The van der Waals surface area contributed by atoms with Crippen molar-refractivity contribution in [2.45, 2.75) is 33.2 Å². The molecule has 0 saturated heterocycles. The fourth-order valence-corrected chi connectivity index (χ4v) is 2.36.